The molecule has 2 aromatic carbocycles. The van der Waals surface area contributed by atoms with E-state index >= 15 is 0 Å². The Labute approximate surface area is 175 Å². The molecule has 2 aliphatic rings. The van der Waals surface area contributed by atoms with Gasteiger partial charge in [-0.25, -0.2) is 9.97 Å². The summed E-state index contributed by atoms with van der Waals surface area (Å²) < 4.78 is 4.74. The molecule has 146 valence electrons. The van der Waals surface area contributed by atoms with Crippen molar-refractivity contribution in [3.05, 3.63) is 70.9 Å². The van der Waals surface area contributed by atoms with Gasteiger partial charge in [-0.05, 0) is 56.4 Å². The van der Waals surface area contributed by atoms with Crippen molar-refractivity contribution in [2.75, 3.05) is 0 Å². The number of rotatable bonds is 5. The molecule has 0 N–H and O–H groups in total. The van der Waals surface area contributed by atoms with Gasteiger partial charge in [-0.15, -0.1) is 0 Å². The third kappa shape index (κ3) is 2.98. The molecule has 4 nitrogen and oxygen atoms in total. The van der Waals surface area contributed by atoms with Crippen molar-refractivity contribution in [2.24, 2.45) is 0 Å². The van der Waals surface area contributed by atoms with E-state index in [4.69, 9.17) is 21.6 Å². The third-order valence-electron chi connectivity index (χ3n) is 6.17. The molecule has 0 atom stereocenters. The summed E-state index contributed by atoms with van der Waals surface area (Å²) in [4.78, 5) is 9.55. The Balaban J connectivity index is 1.41. The van der Waals surface area contributed by atoms with Gasteiger partial charge in [-0.2, -0.15) is 0 Å². The predicted molar refractivity (Wildman–Crippen MR) is 116 cm³/mol. The van der Waals surface area contributed by atoms with Crippen LogP contribution in [0.3, 0.4) is 0 Å². The highest BCUT2D eigenvalue weighted by Gasteiger charge is 2.31. The number of aromatic nitrogens is 4. The summed E-state index contributed by atoms with van der Waals surface area (Å²) in [5, 5.41) is 0.768. The highest BCUT2D eigenvalue weighted by Crippen LogP contribution is 2.45. The standard InChI is InChI=1S/C24H23ClN4/c1-15-27-21-11-6-16(12-22(21)29(15)18-9-10-18)13-28-14-26-23(24(28)17-7-8-17)19-4-2-3-5-20(19)25/h2-6,11-12,14,17-18H,7-10,13H2,1H3. The van der Waals surface area contributed by atoms with Gasteiger partial charge in [0.1, 0.15) is 5.82 Å². The van der Waals surface area contributed by atoms with Crippen LogP contribution in [0.4, 0.5) is 0 Å². The number of halogens is 1. The molecular weight excluding hydrogens is 380 g/mol. The number of hydrogen-bond donors (Lipinski definition) is 0. The average molecular weight is 403 g/mol. The highest BCUT2D eigenvalue weighted by atomic mass is 35.5. The molecule has 29 heavy (non-hydrogen) atoms. The van der Waals surface area contributed by atoms with Gasteiger partial charge in [0.15, 0.2) is 0 Å². The molecule has 2 fully saturated rings. The van der Waals surface area contributed by atoms with Gasteiger partial charge in [-0.1, -0.05) is 35.9 Å². The molecule has 0 radical (unpaired) electrons. The molecule has 2 aliphatic carbocycles. The number of imidazole rings is 2. The summed E-state index contributed by atoms with van der Waals surface area (Å²) in [6, 6.07) is 15.4. The van der Waals surface area contributed by atoms with Crippen LogP contribution in [0.5, 0.6) is 0 Å². The molecule has 6 rings (SSSR count). The van der Waals surface area contributed by atoms with Crippen LogP contribution >= 0.6 is 11.6 Å². The van der Waals surface area contributed by atoms with E-state index in [0.29, 0.717) is 12.0 Å². The largest absolute Gasteiger partial charge is 0.329 e. The summed E-state index contributed by atoms with van der Waals surface area (Å²) in [6.45, 7) is 2.95. The normalized spacial score (nSPS) is 16.6. The Kier molecular flexibility index (Phi) is 3.85. The maximum atomic E-state index is 6.49. The minimum atomic E-state index is 0.590. The second-order valence-corrected chi connectivity index (χ2v) is 8.85. The molecule has 2 aromatic heterocycles. The van der Waals surface area contributed by atoms with Gasteiger partial charge in [0.25, 0.3) is 0 Å². The molecule has 0 saturated heterocycles. The van der Waals surface area contributed by atoms with Crippen LogP contribution in [0.15, 0.2) is 48.8 Å². The first-order chi connectivity index (χ1) is 14.2. The third-order valence-corrected chi connectivity index (χ3v) is 6.50. The Morgan fingerprint density at radius 2 is 1.90 bits per heavy atom. The average Bonchev–Trinajstić information content (AvgIpc) is 3.64. The fraction of sp³-hybridized carbons (Fsp3) is 0.333. The number of nitrogens with zero attached hydrogens (tertiary/aromatic N) is 4. The van der Waals surface area contributed by atoms with E-state index in [0.717, 1.165) is 34.2 Å². The van der Waals surface area contributed by atoms with Gasteiger partial charge in [-0.3, -0.25) is 0 Å². The molecule has 0 amide bonds. The lowest BCUT2D eigenvalue weighted by molar-refractivity contribution is 0.728. The summed E-state index contributed by atoms with van der Waals surface area (Å²) in [5.41, 5.74) is 7.06. The zero-order valence-corrected chi connectivity index (χ0v) is 17.2. The number of benzene rings is 2. The van der Waals surface area contributed by atoms with E-state index in [9.17, 15) is 0 Å². The Hall–Kier alpha value is -2.59. The van der Waals surface area contributed by atoms with E-state index in [1.165, 1.54) is 42.5 Å². The smallest absolute Gasteiger partial charge is 0.106 e. The van der Waals surface area contributed by atoms with Crippen LogP contribution in [0.2, 0.25) is 5.02 Å². The summed E-state index contributed by atoms with van der Waals surface area (Å²) in [5.74, 6) is 1.72. The second-order valence-electron chi connectivity index (χ2n) is 8.44. The minimum Gasteiger partial charge on any atom is -0.329 e. The Bertz CT molecular complexity index is 1230. The van der Waals surface area contributed by atoms with E-state index < -0.39 is 0 Å². The maximum Gasteiger partial charge on any atom is 0.106 e. The molecule has 5 heteroatoms. The summed E-state index contributed by atoms with van der Waals surface area (Å²) >= 11 is 6.49. The van der Waals surface area contributed by atoms with E-state index in [-0.39, 0.29) is 0 Å². The van der Waals surface area contributed by atoms with Crippen LogP contribution in [-0.4, -0.2) is 19.1 Å². The van der Waals surface area contributed by atoms with Crippen LogP contribution in [0, 0.1) is 6.92 Å². The van der Waals surface area contributed by atoms with Gasteiger partial charge in [0.05, 0.1) is 28.1 Å². The Morgan fingerprint density at radius 1 is 1.07 bits per heavy atom. The minimum absolute atomic E-state index is 0.590. The van der Waals surface area contributed by atoms with E-state index in [1.54, 1.807) is 0 Å². The lowest BCUT2D eigenvalue weighted by Crippen LogP contribution is -2.04. The van der Waals surface area contributed by atoms with Gasteiger partial charge >= 0.3 is 0 Å². The fourth-order valence-electron chi connectivity index (χ4n) is 4.51. The molecule has 4 aromatic rings. The molecule has 0 unspecified atom stereocenters. The number of aryl methyl sites for hydroxylation is 1. The van der Waals surface area contributed by atoms with Crippen molar-refractivity contribution < 1.29 is 0 Å². The molecule has 2 saturated carbocycles. The summed E-state index contributed by atoms with van der Waals surface area (Å²) in [7, 11) is 0. The quantitative estimate of drug-likeness (QED) is 0.403. The van der Waals surface area contributed by atoms with Crippen LogP contribution in [-0.2, 0) is 6.54 Å². The number of hydrogen-bond acceptors (Lipinski definition) is 2. The van der Waals surface area contributed by atoms with E-state index in [2.05, 4.69) is 40.3 Å². The molecule has 0 bridgehead atoms. The molecule has 0 aliphatic heterocycles. The highest BCUT2D eigenvalue weighted by molar-refractivity contribution is 6.33. The molecule has 2 heterocycles. The van der Waals surface area contributed by atoms with Gasteiger partial charge in [0, 0.05) is 29.8 Å². The van der Waals surface area contributed by atoms with Crippen molar-refractivity contribution in [3.63, 3.8) is 0 Å². The first-order valence-corrected chi connectivity index (χ1v) is 10.8. The predicted octanol–water partition coefficient (Wildman–Crippen LogP) is 6.12. The molecular formula is C24H23ClN4. The summed E-state index contributed by atoms with van der Waals surface area (Å²) in [6.07, 6.45) is 6.99. The monoisotopic (exact) mass is 402 g/mol. The lowest BCUT2D eigenvalue weighted by atomic mass is 10.1. The van der Waals surface area contributed by atoms with Gasteiger partial charge < -0.3 is 9.13 Å². The van der Waals surface area contributed by atoms with Crippen LogP contribution in [0.25, 0.3) is 22.3 Å². The molecule has 0 spiro atoms. The zero-order valence-electron chi connectivity index (χ0n) is 16.5. The van der Waals surface area contributed by atoms with Crippen LogP contribution < -0.4 is 0 Å². The van der Waals surface area contributed by atoms with Crippen molar-refractivity contribution in [2.45, 2.75) is 51.1 Å². The Morgan fingerprint density at radius 3 is 2.66 bits per heavy atom. The zero-order chi connectivity index (χ0) is 19.5. The van der Waals surface area contributed by atoms with Crippen LogP contribution in [0.1, 0.15) is 54.7 Å². The topological polar surface area (TPSA) is 35.6 Å². The van der Waals surface area contributed by atoms with E-state index in [1.807, 2.05) is 24.5 Å². The number of fused-ring (bicyclic) bond motifs is 1. The van der Waals surface area contributed by atoms with Gasteiger partial charge in [0.2, 0.25) is 0 Å². The fourth-order valence-corrected chi connectivity index (χ4v) is 4.74. The maximum absolute atomic E-state index is 6.49. The first kappa shape index (κ1) is 17.3. The van der Waals surface area contributed by atoms with Crippen molar-refractivity contribution >= 4 is 22.6 Å². The lowest BCUT2D eigenvalue weighted by Gasteiger charge is -2.11. The first-order valence-electron chi connectivity index (χ1n) is 10.5. The van der Waals surface area contributed by atoms with Crippen molar-refractivity contribution in [1.82, 2.24) is 19.1 Å². The SMILES string of the molecule is Cc1nc2ccc(Cn3cnc(-c4ccccc4Cl)c3C3CC3)cc2n1C1CC1. The van der Waals surface area contributed by atoms with Crippen molar-refractivity contribution in [1.29, 1.82) is 0 Å². The second kappa shape index (κ2) is 6.46. The van der Waals surface area contributed by atoms with Crippen molar-refractivity contribution in [3.8, 4) is 11.3 Å².